The van der Waals surface area contributed by atoms with E-state index in [0.717, 1.165) is 12.2 Å². The molecule has 1 heteroatoms. The van der Waals surface area contributed by atoms with Gasteiger partial charge in [-0.1, -0.05) is 38.3 Å². The molecule has 1 aliphatic rings. The molecule has 0 fully saturated rings. The minimum absolute atomic E-state index is 0.578. The van der Waals surface area contributed by atoms with Gasteiger partial charge >= 0.3 is 0 Å². The number of hydrogen-bond donors (Lipinski definition) is 1. The SMILES string of the molecule is C=C/C=C\C1=C(C=C)NCC1C. The maximum atomic E-state index is 3.76. The van der Waals surface area contributed by atoms with Gasteiger partial charge in [-0.2, -0.15) is 0 Å². The molecule has 0 aromatic heterocycles. The second-order valence-corrected chi connectivity index (χ2v) is 2.95. The molecule has 12 heavy (non-hydrogen) atoms. The van der Waals surface area contributed by atoms with Gasteiger partial charge < -0.3 is 5.32 Å². The minimum Gasteiger partial charge on any atom is -0.384 e. The van der Waals surface area contributed by atoms with E-state index in [-0.39, 0.29) is 0 Å². The van der Waals surface area contributed by atoms with Gasteiger partial charge in [0, 0.05) is 18.2 Å². The average Bonchev–Trinajstić information content (AvgIpc) is 2.43. The third-order valence-electron chi connectivity index (χ3n) is 2.06. The molecule has 0 spiro atoms. The van der Waals surface area contributed by atoms with Gasteiger partial charge in [-0.3, -0.25) is 0 Å². The van der Waals surface area contributed by atoms with Crippen molar-refractivity contribution in [3.05, 3.63) is 48.7 Å². The van der Waals surface area contributed by atoms with E-state index in [1.807, 2.05) is 12.2 Å². The van der Waals surface area contributed by atoms with E-state index in [2.05, 4.69) is 31.5 Å². The number of hydrogen-bond acceptors (Lipinski definition) is 1. The van der Waals surface area contributed by atoms with Crippen molar-refractivity contribution in [2.75, 3.05) is 6.54 Å². The van der Waals surface area contributed by atoms with Crippen LogP contribution in [0.4, 0.5) is 0 Å². The molecule has 0 aromatic carbocycles. The van der Waals surface area contributed by atoms with Gasteiger partial charge in [0.25, 0.3) is 0 Å². The number of allylic oxidation sites excluding steroid dienone is 4. The van der Waals surface area contributed by atoms with Crippen LogP contribution >= 0.6 is 0 Å². The van der Waals surface area contributed by atoms with E-state index in [0.29, 0.717) is 5.92 Å². The second kappa shape index (κ2) is 3.96. The molecule has 0 bridgehead atoms. The van der Waals surface area contributed by atoms with Gasteiger partial charge in [0.05, 0.1) is 0 Å². The standard InChI is InChI=1S/C11H15N/c1-4-6-7-10-9(3)8-12-11(10)5-2/h4-7,9,12H,1-2,8H2,3H3/b7-6-. The summed E-state index contributed by atoms with van der Waals surface area (Å²) in [4.78, 5) is 0. The maximum absolute atomic E-state index is 3.76. The highest BCUT2D eigenvalue weighted by atomic mass is 14.9. The Bertz CT molecular complexity index is 246. The number of rotatable bonds is 3. The van der Waals surface area contributed by atoms with Crippen molar-refractivity contribution in [1.29, 1.82) is 0 Å². The molecule has 0 amide bonds. The number of nitrogens with one attached hydrogen (secondary N) is 1. The highest BCUT2D eigenvalue weighted by molar-refractivity contribution is 5.37. The fraction of sp³-hybridized carbons (Fsp3) is 0.273. The average molecular weight is 161 g/mol. The zero-order valence-electron chi connectivity index (χ0n) is 7.51. The fourth-order valence-electron chi connectivity index (χ4n) is 1.36. The first-order chi connectivity index (χ1) is 5.79. The van der Waals surface area contributed by atoms with Crippen molar-refractivity contribution in [1.82, 2.24) is 5.32 Å². The summed E-state index contributed by atoms with van der Waals surface area (Å²) in [6.07, 6.45) is 7.71. The molecule has 0 saturated carbocycles. The summed E-state index contributed by atoms with van der Waals surface area (Å²) >= 11 is 0. The van der Waals surface area contributed by atoms with Crippen LogP contribution in [0.15, 0.2) is 48.7 Å². The summed E-state index contributed by atoms with van der Waals surface area (Å²) < 4.78 is 0. The zero-order chi connectivity index (χ0) is 8.97. The summed E-state index contributed by atoms with van der Waals surface area (Å²) in [6, 6.07) is 0. The molecule has 0 radical (unpaired) electrons. The molecule has 0 aliphatic carbocycles. The van der Waals surface area contributed by atoms with Crippen LogP contribution < -0.4 is 5.32 Å². The minimum atomic E-state index is 0.578. The summed E-state index contributed by atoms with van der Waals surface area (Å²) in [5.41, 5.74) is 2.48. The lowest BCUT2D eigenvalue weighted by molar-refractivity contribution is 0.703. The molecule has 0 saturated heterocycles. The second-order valence-electron chi connectivity index (χ2n) is 2.95. The van der Waals surface area contributed by atoms with Crippen LogP contribution in [0.2, 0.25) is 0 Å². The van der Waals surface area contributed by atoms with E-state index in [4.69, 9.17) is 0 Å². The lowest BCUT2D eigenvalue weighted by Crippen LogP contribution is -2.08. The summed E-state index contributed by atoms with van der Waals surface area (Å²) in [6.45, 7) is 10.6. The summed E-state index contributed by atoms with van der Waals surface area (Å²) in [7, 11) is 0. The van der Waals surface area contributed by atoms with Crippen molar-refractivity contribution >= 4 is 0 Å². The lowest BCUT2D eigenvalue weighted by atomic mass is 10.0. The first-order valence-corrected chi connectivity index (χ1v) is 4.19. The van der Waals surface area contributed by atoms with Crippen LogP contribution in [-0.4, -0.2) is 6.54 Å². The summed E-state index contributed by atoms with van der Waals surface area (Å²) in [5, 5.41) is 3.29. The molecule has 1 rings (SSSR count). The highest BCUT2D eigenvalue weighted by Crippen LogP contribution is 2.21. The molecule has 1 N–H and O–H groups in total. The van der Waals surface area contributed by atoms with Crippen molar-refractivity contribution in [3.8, 4) is 0 Å². The third kappa shape index (κ3) is 1.67. The Morgan fingerprint density at radius 2 is 2.25 bits per heavy atom. The van der Waals surface area contributed by atoms with Crippen LogP contribution in [-0.2, 0) is 0 Å². The first kappa shape index (κ1) is 8.85. The van der Waals surface area contributed by atoms with Crippen LogP contribution in [0.3, 0.4) is 0 Å². The van der Waals surface area contributed by atoms with E-state index < -0.39 is 0 Å². The van der Waals surface area contributed by atoms with Gasteiger partial charge in [-0.05, 0) is 11.6 Å². The van der Waals surface area contributed by atoms with Gasteiger partial charge in [0.1, 0.15) is 0 Å². The smallest absolute Gasteiger partial charge is 0.0370 e. The Morgan fingerprint density at radius 1 is 1.50 bits per heavy atom. The largest absolute Gasteiger partial charge is 0.384 e. The maximum Gasteiger partial charge on any atom is 0.0370 e. The van der Waals surface area contributed by atoms with Crippen molar-refractivity contribution < 1.29 is 0 Å². The van der Waals surface area contributed by atoms with Crippen LogP contribution in [0.25, 0.3) is 0 Å². The van der Waals surface area contributed by atoms with E-state index >= 15 is 0 Å². The highest BCUT2D eigenvalue weighted by Gasteiger charge is 2.16. The van der Waals surface area contributed by atoms with Crippen LogP contribution in [0.1, 0.15) is 6.92 Å². The van der Waals surface area contributed by atoms with Crippen molar-refractivity contribution in [2.45, 2.75) is 6.92 Å². The van der Waals surface area contributed by atoms with Gasteiger partial charge in [0.2, 0.25) is 0 Å². The van der Waals surface area contributed by atoms with Gasteiger partial charge in [0.15, 0.2) is 0 Å². The van der Waals surface area contributed by atoms with Crippen LogP contribution in [0, 0.1) is 5.92 Å². The molecule has 1 heterocycles. The predicted octanol–water partition coefficient (Wildman–Crippen LogP) is 2.41. The lowest BCUT2D eigenvalue weighted by Gasteiger charge is -2.00. The van der Waals surface area contributed by atoms with Gasteiger partial charge in [-0.15, -0.1) is 0 Å². The molecular formula is C11H15N. The Kier molecular flexibility index (Phi) is 2.92. The van der Waals surface area contributed by atoms with E-state index in [1.54, 1.807) is 6.08 Å². The molecule has 1 unspecified atom stereocenters. The Morgan fingerprint density at radius 3 is 2.83 bits per heavy atom. The molecule has 1 atom stereocenters. The van der Waals surface area contributed by atoms with Crippen molar-refractivity contribution in [2.24, 2.45) is 5.92 Å². The van der Waals surface area contributed by atoms with Gasteiger partial charge in [-0.25, -0.2) is 0 Å². The predicted molar refractivity (Wildman–Crippen MR) is 53.7 cm³/mol. The zero-order valence-corrected chi connectivity index (χ0v) is 7.51. The van der Waals surface area contributed by atoms with Crippen molar-refractivity contribution in [3.63, 3.8) is 0 Å². The Hall–Kier alpha value is -1.24. The topological polar surface area (TPSA) is 12.0 Å². The van der Waals surface area contributed by atoms with E-state index in [1.165, 1.54) is 5.57 Å². The Labute approximate surface area is 74.2 Å². The Balaban J connectivity index is 2.86. The summed E-state index contributed by atoms with van der Waals surface area (Å²) in [5.74, 6) is 0.578. The normalized spacial score (nSPS) is 22.9. The fourth-order valence-corrected chi connectivity index (χ4v) is 1.36. The molecular weight excluding hydrogens is 146 g/mol. The van der Waals surface area contributed by atoms with E-state index in [9.17, 15) is 0 Å². The molecule has 0 aromatic rings. The molecule has 1 aliphatic heterocycles. The monoisotopic (exact) mass is 161 g/mol. The third-order valence-corrected chi connectivity index (χ3v) is 2.06. The molecule has 1 nitrogen and oxygen atoms in total. The molecule has 64 valence electrons. The quantitative estimate of drug-likeness (QED) is 0.627. The first-order valence-electron chi connectivity index (χ1n) is 4.19. The van der Waals surface area contributed by atoms with Crippen LogP contribution in [0.5, 0.6) is 0 Å².